The van der Waals surface area contributed by atoms with Crippen LogP contribution in [0, 0.1) is 0 Å². The maximum atomic E-state index is 11.6. The number of hydrogen-bond acceptors (Lipinski definition) is 4. The Labute approximate surface area is 141 Å². The quantitative estimate of drug-likeness (QED) is 0.552. The minimum Gasteiger partial charge on any atom is -0.459 e. The summed E-state index contributed by atoms with van der Waals surface area (Å²) in [6.07, 6.45) is 2.79. The summed E-state index contributed by atoms with van der Waals surface area (Å²) in [6, 6.07) is 11.9. The molecule has 0 saturated carbocycles. The van der Waals surface area contributed by atoms with Crippen molar-refractivity contribution in [3.8, 4) is 11.3 Å². The second kappa shape index (κ2) is 6.73. The van der Waals surface area contributed by atoms with E-state index in [2.05, 4.69) is 10.5 Å². The molecular formula is C16H10Cl2N2O3. The molecule has 116 valence electrons. The van der Waals surface area contributed by atoms with Gasteiger partial charge in [-0.1, -0.05) is 29.3 Å². The minimum absolute atomic E-state index is 0.174. The lowest BCUT2D eigenvalue weighted by atomic mass is 10.2. The predicted octanol–water partition coefficient (Wildman–Crippen LogP) is 4.61. The molecule has 3 aromatic rings. The van der Waals surface area contributed by atoms with E-state index in [0.717, 1.165) is 0 Å². The number of benzene rings is 1. The van der Waals surface area contributed by atoms with Gasteiger partial charge in [0.05, 0.1) is 22.5 Å². The highest BCUT2D eigenvalue weighted by Gasteiger charge is 2.10. The van der Waals surface area contributed by atoms with E-state index in [0.29, 0.717) is 27.1 Å². The molecule has 2 heterocycles. The van der Waals surface area contributed by atoms with Crippen molar-refractivity contribution in [2.24, 2.45) is 5.10 Å². The summed E-state index contributed by atoms with van der Waals surface area (Å²) in [5, 5.41) is 4.67. The highest BCUT2D eigenvalue weighted by atomic mass is 35.5. The summed E-state index contributed by atoms with van der Waals surface area (Å²) in [5.41, 5.74) is 3.01. The van der Waals surface area contributed by atoms with Gasteiger partial charge in [-0.3, -0.25) is 4.79 Å². The Morgan fingerprint density at radius 1 is 1.13 bits per heavy atom. The van der Waals surface area contributed by atoms with E-state index in [1.165, 1.54) is 18.5 Å². The van der Waals surface area contributed by atoms with E-state index in [1.807, 2.05) is 0 Å². The van der Waals surface area contributed by atoms with Crippen LogP contribution in [-0.2, 0) is 0 Å². The van der Waals surface area contributed by atoms with Crippen molar-refractivity contribution in [2.45, 2.75) is 0 Å². The smallest absolute Gasteiger partial charge is 0.307 e. The van der Waals surface area contributed by atoms with Gasteiger partial charge in [0, 0.05) is 5.56 Å². The van der Waals surface area contributed by atoms with Gasteiger partial charge in [-0.25, -0.2) is 5.43 Å². The molecule has 0 aliphatic heterocycles. The second-order valence-corrected chi connectivity index (χ2v) is 5.26. The van der Waals surface area contributed by atoms with Gasteiger partial charge in [-0.05, 0) is 36.4 Å². The number of halogens is 2. The lowest BCUT2D eigenvalue weighted by Gasteiger charge is -2.01. The molecule has 0 aliphatic carbocycles. The fourth-order valence-electron chi connectivity index (χ4n) is 1.88. The standard InChI is InChI=1S/C16H10Cl2N2O3/c17-12-4-1-3-11(15(12)18)13-7-6-10(23-13)9-19-20-16(21)14-5-2-8-22-14/h1-9H,(H,20,21)/b19-9-. The monoisotopic (exact) mass is 348 g/mol. The summed E-state index contributed by atoms with van der Waals surface area (Å²) in [6.45, 7) is 0. The van der Waals surface area contributed by atoms with E-state index in [4.69, 9.17) is 32.0 Å². The molecule has 1 amide bonds. The van der Waals surface area contributed by atoms with Gasteiger partial charge in [0.1, 0.15) is 11.5 Å². The normalized spacial score (nSPS) is 11.0. The lowest BCUT2D eigenvalue weighted by Crippen LogP contribution is -2.16. The first-order valence-corrected chi connectivity index (χ1v) is 7.32. The van der Waals surface area contributed by atoms with Gasteiger partial charge in [-0.2, -0.15) is 5.10 Å². The second-order valence-electron chi connectivity index (χ2n) is 4.48. The predicted molar refractivity (Wildman–Crippen MR) is 87.9 cm³/mol. The Bertz CT molecular complexity index is 854. The first-order valence-electron chi connectivity index (χ1n) is 6.56. The van der Waals surface area contributed by atoms with Crippen molar-refractivity contribution in [1.82, 2.24) is 5.43 Å². The highest BCUT2D eigenvalue weighted by molar-refractivity contribution is 6.43. The summed E-state index contributed by atoms with van der Waals surface area (Å²) in [4.78, 5) is 11.6. The SMILES string of the molecule is O=C(N/N=C\c1ccc(-c2cccc(Cl)c2Cl)o1)c1ccco1. The Morgan fingerprint density at radius 3 is 2.78 bits per heavy atom. The van der Waals surface area contributed by atoms with Crippen LogP contribution in [0.15, 0.2) is 62.7 Å². The molecule has 5 nitrogen and oxygen atoms in total. The largest absolute Gasteiger partial charge is 0.459 e. The molecule has 7 heteroatoms. The zero-order chi connectivity index (χ0) is 16.2. The summed E-state index contributed by atoms with van der Waals surface area (Å²) in [7, 11) is 0. The van der Waals surface area contributed by atoms with Crippen LogP contribution in [0.25, 0.3) is 11.3 Å². The molecule has 0 bridgehead atoms. The molecule has 0 unspecified atom stereocenters. The third-order valence-corrected chi connectivity index (χ3v) is 3.77. The van der Waals surface area contributed by atoms with Crippen molar-refractivity contribution in [3.63, 3.8) is 0 Å². The van der Waals surface area contributed by atoms with Gasteiger partial charge in [0.25, 0.3) is 0 Å². The molecule has 1 aromatic carbocycles. The van der Waals surface area contributed by atoms with Crippen LogP contribution in [0.3, 0.4) is 0 Å². The zero-order valence-electron chi connectivity index (χ0n) is 11.6. The molecule has 0 fully saturated rings. The molecule has 2 aromatic heterocycles. The molecule has 23 heavy (non-hydrogen) atoms. The Morgan fingerprint density at radius 2 is 2.00 bits per heavy atom. The van der Waals surface area contributed by atoms with Gasteiger partial charge in [-0.15, -0.1) is 0 Å². The number of furan rings is 2. The van der Waals surface area contributed by atoms with Crippen LogP contribution in [0.1, 0.15) is 16.3 Å². The maximum absolute atomic E-state index is 11.6. The van der Waals surface area contributed by atoms with E-state index < -0.39 is 5.91 Å². The van der Waals surface area contributed by atoms with Gasteiger partial charge in [0.15, 0.2) is 5.76 Å². The average Bonchev–Trinajstić information content (AvgIpc) is 3.21. The molecule has 1 N–H and O–H groups in total. The van der Waals surface area contributed by atoms with Gasteiger partial charge in [0.2, 0.25) is 0 Å². The number of hydrazone groups is 1. The maximum Gasteiger partial charge on any atom is 0.307 e. The third kappa shape index (κ3) is 3.47. The first-order chi connectivity index (χ1) is 11.1. The number of carbonyl (C=O) groups excluding carboxylic acids is 1. The molecule has 0 spiro atoms. The molecule has 3 rings (SSSR count). The van der Waals surface area contributed by atoms with Gasteiger partial charge >= 0.3 is 5.91 Å². The number of nitrogens with zero attached hydrogens (tertiary/aromatic N) is 1. The van der Waals surface area contributed by atoms with E-state index in [9.17, 15) is 4.79 Å². The van der Waals surface area contributed by atoms with Crippen molar-refractivity contribution >= 4 is 35.3 Å². The average molecular weight is 349 g/mol. The third-order valence-electron chi connectivity index (χ3n) is 2.95. The number of hydrogen-bond donors (Lipinski definition) is 1. The van der Waals surface area contributed by atoms with Crippen LogP contribution in [-0.4, -0.2) is 12.1 Å². The number of carbonyl (C=O) groups is 1. The van der Waals surface area contributed by atoms with Crippen LogP contribution in [0.2, 0.25) is 10.0 Å². The number of amides is 1. The Kier molecular flexibility index (Phi) is 4.50. The minimum atomic E-state index is -0.448. The molecule has 0 atom stereocenters. The highest BCUT2D eigenvalue weighted by Crippen LogP contribution is 2.34. The molecule has 0 radical (unpaired) electrons. The summed E-state index contributed by atoms with van der Waals surface area (Å²) in [5.74, 6) is 0.732. The van der Waals surface area contributed by atoms with E-state index in [-0.39, 0.29) is 5.76 Å². The fourth-order valence-corrected chi connectivity index (χ4v) is 2.27. The fraction of sp³-hybridized carbons (Fsp3) is 0. The van der Waals surface area contributed by atoms with E-state index >= 15 is 0 Å². The molecule has 0 saturated heterocycles. The van der Waals surface area contributed by atoms with Gasteiger partial charge < -0.3 is 8.83 Å². The number of nitrogens with one attached hydrogen (secondary N) is 1. The molecular weight excluding hydrogens is 339 g/mol. The topological polar surface area (TPSA) is 67.7 Å². The van der Waals surface area contributed by atoms with Crippen LogP contribution >= 0.6 is 23.2 Å². The van der Waals surface area contributed by atoms with Crippen LogP contribution < -0.4 is 5.43 Å². The lowest BCUT2D eigenvalue weighted by molar-refractivity contribution is 0.0927. The van der Waals surface area contributed by atoms with Crippen LogP contribution in [0.5, 0.6) is 0 Å². The first kappa shape index (κ1) is 15.4. The summed E-state index contributed by atoms with van der Waals surface area (Å²) < 4.78 is 10.6. The Balaban J connectivity index is 1.71. The zero-order valence-corrected chi connectivity index (χ0v) is 13.1. The van der Waals surface area contributed by atoms with Crippen LogP contribution in [0.4, 0.5) is 0 Å². The number of rotatable bonds is 4. The summed E-state index contributed by atoms with van der Waals surface area (Å²) >= 11 is 12.1. The van der Waals surface area contributed by atoms with Crippen molar-refractivity contribution in [3.05, 3.63) is 70.3 Å². The van der Waals surface area contributed by atoms with Crippen molar-refractivity contribution in [1.29, 1.82) is 0 Å². The van der Waals surface area contributed by atoms with E-state index in [1.54, 1.807) is 36.4 Å². The van der Waals surface area contributed by atoms with Crippen molar-refractivity contribution < 1.29 is 13.6 Å². The van der Waals surface area contributed by atoms with Crippen molar-refractivity contribution in [2.75, 3.05) is 0 Å². The Hall–Kier alpha value is -2.50. The molecule has 0 aliphatic rings.